The normalized spacial score (nSPS) is 10.6. The Morgan fingerprint density at radius 3 is 2.95 bits per heavy atom. The molecule has 112 valence electrons. The molecule has 0 spiro atoms. The minimum Gasteiger partial charge on any atom is -0.463 e. The average molecular weight is 317 g/mol. The highest BCUT2D eigenvalue weighted by molar-refractivity contribution is 7.15. The summed E-state index contributed by atoms with van der Waals surface area (Å²) in [4.78, 5) is 28.0. The van der Waals surface area contributed by atoms with Crippen molar-refractivity contribution >= 4 is 22.4 Å². The van der Waals surface area contributed by atoms with Gasteiger partial charge >= 0.3 is 0 Å². The van der Waals surface area contributed by atoms with Crippen molar-refractivity contribution in [3.05, 3.63) is 46.2 Å². The van der Waals surface area contributed by atoms with E-state index in [0.717, 1.165) is 5.01 Å². The van der Waals surface area contributed by atoms with Gasteiger partial charge in [-0.2, -0.15) is 0 Å². The number of nitrogens with one attached hydrogen (secondary N) is 1. The molecule has 3 heterocycles. The first-order valence-electron chi connectivity index (χ1n) is 6.32. The quantitative estimate of drug-likeness (QED) is 0.778. The number of hydrogen-bond donors (Lipinski definition) is 1. The van der Waals surface area contributed by atoms with Gasteiger partial charge in [0.2, 0.25) is 11.0 Å². The van der Waals surface area contributed by atoms with Crippen LogP contribution in [0.4, 0.5) is 5.13 Å². The number of carbonyl (C=O) groups is 1. The number of anilines is 1. The minimum absolute atomic E-state index is 0.150. The lowest BCUT2D eigenvalue weighted by molar-refractivity contribution is -0.116. The van der Waals surface area contributed by atoms with E-state index in [4.69, 9.17) is 4.42 Å². The molecule has 3 aromatic heterocycles. The fourth-order valence-electron chi connectivity index (χ4n) is 1.76. The van der Waals surface area contributed by atoms with E-state index in [1.807, 2.05) is 0 Å². The summed E-state index contributed by atoms with van der Waals surface area (Å²) in [6.07, 6.45) is 2.81. The summed E-state index contributed by atoms with van der Waals surface area (Å²) in [5.74, 6) is 0.129. The van der Waals surface area contributed by atoms with Crippen molar-refractivity contribution in [1.82, 2.24) is 19.7 Å². The molecule has 9 heteroatoms. The van der Waals surface area contributed by atoms with Crippen molar-refractivity contribution in [3.63, 3.8) is 0 Å². The van der Waals surface area contributed by atoms with E-state index in [-0.39, 0.29) is 18.0 Å². The van der Waals surface area contributed by atoms with Crippen molar-refractivity contribution in [3.8, 4) is 11.5 Å². The van der Waals surface area contributed by atoms with Crippen LogP contribution in [-0.4, -0.2) is 25.7 Å². The van der Waals surface area contributed by atoms with E-state index in [1.165, 1.54) is 34.6 Å². The van der Waals surface area contributed by atoms with Gasteiger partial charge in [-0.25, -0.2) is 4.98 Å². The van der Waals surface area contributed by atoms with E-state index >= 15 is 0 Å². The Morgan fingerprint density at radius 1 is 1.45 bits per heavy atom. The SMILES string of the molecule is Cc1nnc(NC(=O)Cn2cnc(-c3ccco3)cc2=O)s1. The first-order chi connectivity index (χ1) is 10.6. The second kappa shape index (κ2) is 5.90. The molecule has 0 radical (unpaired) electrons. The molecule has 0 saturated heterocycles. The molecular weight excluding hydrogens is 306 g/mol. The highest BCUT2D eigenvalue weighted by Crippen LogP contribution is 2.15. The molecule has 22 heavy (non-hydrogen) atoms. The van der Waals surface area contributed by atoms with Gasteiger partial charge in [0, 0.05) is 6.07 Å². The van der Waals surface area contributed by atoms with Crippen LogP contribution in [0.3, 0.4) is 0 Å². The lowest BCUT2D eigenvalue weighted by atomic mass is 10.3. The molecule has 0 unspecified atom stereocenters. The molecular formula is C13H11N5O3S. The van der Waals surface area contributed by atoms with Gasteiger partial charge in [0.15, 0.2) is 5.76 Å². The number of hydrogen-bond acceptors (Lipinski definition) is 7. The molecule has 0 fully saturated rings. The number of aromatic nitrogens is 4. The molecule has 1 amide bonds. The fraction of sp³-hybridized carbons (Fsp3) is 0.154. The van der Waals surface area contributed by atoms with Crippen LogP contribution in [0.1, 0.15) is 5.01 Å². The summed E-state index contributed by atoms with van der Waals surface area (Å²) >= 11 is 1.26. The van der Waals surface area contributed by atoms with Crippen LogP contribution in [0.15, 0.2) is 40.0 Å². The zero-order chi connectivity index (χ0) is 15.5. The van der Waals surface area contributed by atoms with Crippen molar-refractivity contribution in [2.24, 2.45) is 0 Å². The lowest BCUT2D eigenvalue weighted by Crippen LogP contribution is -2.27. The molecule has 3 rings (SSSR count). The highest BCUT2D eigenvalue weighted by Gasteiger charge is 2.10. The molecule has 3 aromatic rings. The van der Waals surface area contributed by atoms with E-state index in [2.05, 4.69) is 20.5 Å². The zero-order valence-corrected chi connectivity index (χ0v) is 12.3. The Bertz CT molecular complexity index is 853. The first kappa shape index (κ1) is 14.1. The largest absolute Gasteiger partial charge is 0.463 e. The van der Waals surface area contributed by atoms with Gasteiger partial charge in [0.05, 0.1) is 12.6 Å². The summed E-state index contributed by atoms with van der Waals surface area (Å²) in [7, 11) is 0. The maximum atomic E-state index is 12.0. The maximum Gasteiger partial charge on any atom is 0.254 e. The van der Waals surface area contributed by atoms with Gasteiger partial charge < -0.3 is 4.42 Å². The molecule has 0 saturated carbocycles. The van der Waals surface area contributed by atoms with Crippen LogP contribution in [0, 0.1) is 6.92 Å². The number of rotatable bonds is 4. The zero-order valence-electron chi connectivity index (χ0n) is 11.5. The Kier molecular flexibility index (Phi) is 3.79. The summed E-state index contributed by atoms with van der Waals surface area (Å²) in [5, 5.41) is 11.3. The van der Waals surface area contributed by atoms with Gasteiger partial charge in [-0.15, -0.1) is 10.2 Å². The Balaban J connectivity index is 1.72. The Labute approximate surface area is 128 Å². The topological polar surface area (TPSA) is 103 Å². The second-order valence-corrected chi connectivity index (χ2v) is 5.57. The summed E-state index contributed by atoms with van der Waals surface area (Å²) in [6, 6.07) is 4.73. The molecule has 8 nitrogen and oxygen atoms in total. The van der Waals surface area contributed by atoms with Crippen molar-refractivity contribution in [1.29, 1.82) is 0 Å². The van der Waals surface area contributed by atoms with Crippen molar-refractivity contribution in [2.75, 3.05) is 5.32 Å². The minimum atomic E-state index is -0.370. The van der Waals surface area contributed by atoms with Gasteiger partial charge in [0.1, 0.15) is 17.2 Å². The van der Waals surface area contributed by atoms with Gasteiger partial charge in [-0.3, -0.25) is 19.5 Å². The highest BCUT2D eigenvalue weighted by atomic mass is 32.1. The smallest absolute Gasteiger partial charge is 0.254 e. The molecule has 0 bridgehead atoms. The van der Waals surface area contributed by atoms with E-state index in [1.54, 1.807) is 19.1 Å². The van der Waals surface area contributed by atoms with Crippen LogP contribution >= 0.6 is 11.3 Å². The summed E-state index contributed by atoms with van der Waals surface area (Å²) in [5.41, 5.74) is 0.0800. The molecule has 0 aliphatic carbocycles. The van der Waals surface area contributed by atoms with Crippen LogP contribution in [0.5, 0.6) is 0 Å². The number of aryl methyl sites for hydroxylation is 1. The lowest BCUT2D eigenvalue weighted by Gasteiger charge is -2.05. The third-order valence-electron chi connectivity index (χ3n) is 2.74. The van der Waals surface area contributed by atoms with E-state index < -0.39 is 0 Å². The van der Waals surface area contributed by atoms with Crippen LogP contribution in [-0.2, 0) is 11.3 Å². The number of amides is 1. The molecule has 0 aliphatic heterocycles. The Morgan fingerprint density at radius 2 is 2.32 bits per heavy atom. The monoisotopic (exact) mass is 317 g/mol. The van der Waals surface area contributed by atoms with Crippen LogP contribution in [0.25, 0.3) is 11.5 Å². The van der Waals surface area contributed by atoms with E-state index in [0.29, 0.717) is 16.6 Å². The van der Waals surface area contributed by atoms with Crippen molar-refractivity contribution in [2.45, 2.75) is 13.5 Å². The number of nitrogens with zero attached hydrogens (tertiary/aromatic N) is 4. The van der Waals surface area contributed by atoms with Gasteiger partial charge in [-0.05, 0) is 19.1 Å². The molecule has 1 N–H and O–H groups in total. The van der Waals surface area contributed by atoms with Crippen LogP contribution < -0.4 is 10.9 Å². The maximum absolute atomic E-state index is 12.0. The predicted octanol–water partition coefficient (Wildman–Crippen LogP) is 1.30. The van der Waals surface area contributed by atoms with Gasteiger partial charge in [0.25, 0.3) is 5.56 Å². The van der Waals surface area contributed by atoms with Crippen LogP contribution in [0.2, 0.25) is 0 Å². The summed E-state index contributed by atoms with van der Waals surface area (Å²) in [6.45, 7) is 1.64. The van der Waals surface area contributed by atoms with Gasteiger partial charge in [-0.1, -0.05) is 11.3 Å². The average Bonchev–Trinajstić information content (AvgIpc) is 3.13. The summed E-state index contributed by atoms with van der Waals surface area (Å²) < 4.78 is 6.38. The van der Waals surface area contributed by atoms with Crippen molar-refractivity contribution < 1.29 is 9.21 Å². The standard InChI is InChI=1S/C13H11N5O3S/c1-8-16-17-13(22-8)15-11(19)6-18-7-14-9(5-12(18)20)10-3-2-4-21-10/h2-5,7H,6H2,1H3,(H,15,17,19). The molecule has 0 aromatic carbocycles. The molecule has 0 aliphatic rings. The Hall–Kier alpha value is -2.81. The van der Waals surface area contributed by atoms with E-state index in [9.17, 15) is 9.59 Å². The third-order valence-corrected chi connectivity index (χ3v) is 3.49. The number of furan rings is 1. The molecule has 0 atom stereocenters. The number of carbonyl (C=O) groups excluding carboxylic acids is 1. The fourth-order valence-corrected chi connectivity index (χ4v) is 2.37. The second-order valence-electron chi connectivity index (χ2n) is 4.39. The first-order valence-corrected chi connectivity index (χ1v) is 7.14. The third kappa shape index (κ3) is 3.09. The predicted molar refractivity (Wildman–Crippen MR) is 79.5 cm³/mol.